The van der Waals surface area contributed by atoms with E-state index in [1.807, 2.05) is 0 Å². The summed E-state index contributed by atoms with van der Waals surface area (Å²) in [6.07, 6.45) is 4.65. The summed E-state index contributed by atoms with van der Waals surface area (Å²) in [5.41, 5.74) is 2.96. The Morgan fingerprint density at radius 1 is 1.21 bits per heavy atom. The highest BCUT2D eigenvalue weighted by Gasteiger charge is 2.10. The lowest BCUT2D eigenvalue weighted by Crippen LogP contribution is -1.98. The molecule has 0 atom stereocenters. The molecule has 0 saturated heterocycles. The van der Waals surface area contributed by atoms with Crippen LogP contribution in [0.3, 0.4) is 0 Å². The molecule has 0 aromatic heterocycles. The van der Waals surface area contributed by atoms with Crippen LogP contribution in [0, 0.1) is 0 Å². The lowest BCUT2D eigenvalue weighted by atomic mass is 10.1. The standard InChI is InChI=1S/C12H15ClO/c13-7-2-8-14-12-6-5-10-3-1-4-11(10)9-12/h5-6,9H,1-4,7-8H2. The van der Waals surface area contributed by atoms with Crippen molar-refractivity contribution in [3.05, 3.63) is 29.3 Å². The number of alkyl halides is 1. The minimum Gasteiger partial charge on any atom is -0.494 e. The predicted molar refractivity (Wildman–Crippen MR) is 59.3 cm³/mol. The summed E-state index contributed by atoms with van der Waals surface area (Å²) in [6, 6.07) is 6.44. The monoisotopic (exact) mass is 210 g/mol. The summed E-state index contributed by atoms with van der Waals surface area (Å²) in [4.78, 5) is 0. The summed E-state index contributed by atoms with van der Waals surface area (Å²) in [5, 5.41) is 0. The fourth-order valence-corrected chi connectivity index (χ4v) is 1.99. The second-order valence-electron chi connectivity index (χ2n) is 3.68. The highest BCUT2D eigenvalue weighted by atomic mass is 35.5. The molecule has 0 radical (unpaired) electrons. The molecule has 0 N–H and O–H groups in total. The van der Waals surface area contributed by atoms with Gasteiger partial charge in [-0.1, -0.05) is 6.07 Å². The number of hydrogen-bond acceptors (Lipinski definition) is 1. The molecule has 1 aromatic rings. The van der Waals surface area contributed by atoms with Crippen LogP contribution in [0.4, 0.5) is 0 Å². The van der Waals surface area contributed by atoms with E-state index in [2.05, 4.69) is 18.2 Å². The van der Waals surface area contributed by atoms with Gasteiger partial charge in [-0.05, 0) is 48.9 Å². The minimum absolute atomic E-state index is 0.672. The quantitative estimate of drug-likeness (QED) is 0.548. The Morgan fingerprint density at radius 2 is 2.07 bits per heavy atom. The van der Waals surface area contributed by atoms with Crippen molar-refractivity contribution in [3.8, 4) is 5.75 Å². The van der Waals surface area contributed by atoms with Gasteiger partial charge in [0.15, 0.2) is 0 Å². The zero-order valence-corrected chi connectivity index (χ0v) is 9.02. The molecule has 14 heavy (non-hydrogen) atoms. The van der Waals surface area contributed by atoms with Gasteiger partial charge in [-0.25, -0.2) is 0 Å². The van der Waals surface area contributed by atoms with Crippen LogP contribution >= 0.6 is 11.6 Å². The maximum Gasteiger partial charge on any atom is 0.119 e. The van der Waals surface area contributed by atoms with Gasteiger partial charge in [0, 0.05) is 5.88 Å². The number of halogens is 1. The molecule has 1 aliphatic carbocycles. The molecule has 76 valence electrons. The van der Waals surface area contributed by atoms with E-state index in [9.17, 15) is 0 Å². The van der Waals surface area contributed by atoms with Crippen LogP contribution in [0.2, 0.25) is 0 Å². The van der Waals surface area contributed by atoms with Crippen LogP contribution < -0.4 is 4.74 Å². The molecular formula is C12H15ClO. The first-order chi connectivity index (χ1) is 6.90. The van der Waals surface area contributed by atoms with Crippen molar-refractivity contribution in [1.82, 2.24) is 0 Å². The van der Waals surface area contributed by atoms with Gasteiger partial charge < -0.3 is 4.74 Å². The average molecular weight is 211 g/mol. The third kappa shape index (κ3) is 2.21. The van der Waals surface area contributed by atoms with Crippen molar-refractivity contribution in [3.63, 3.8) is 0 Å². The van der Waals surface area contributed by atoms with Crippen molar-refractivity contribution >= 4 is 11.6 Å². The van der Waals surface area contributed by atoms with E-state index < -0.39 is 0 Å². The van der Waals surface area contributed by atoms with Crippen molar-refractivity contribution in [2.24, 2.45) is 0 Å². The molecule has 0 heterocycles. The third-order valence-corrected chi connectivity index (χ3v) is 2.88. The highest BCUT2D eigenvalue weighted by molar-refractivity contribution is 6.17. The Bertz CT molecular complexity index is 309. The van der Waals surface area contributed by atoms with Gasteiger partial charge >= 0.3 is 0 Å². The predicted octanol–water partition coefficient (Wildman–Crippen LogP) is 3.18. The smallest absolute Gasteiger partial charge is 0.119 e. The number of rotatable bonds is 4. The van der Waals surface area contributed by atoms with E-state index in [-0.39, 0.29) is 0 Å². The molecule has 2 rings (SSSR count). The van der Waals surface area contributed by atoms with Gasteiger partial charge in [-0.15, -0.1) is 11.6 Å². The van der Waals surface area contributed by atoms with Crippen LogP contribution in [0.5, 0.6) is 5.75 Å². The normalized spacial score (nSPS) is 14.1. The summed E-state index contributed by atoms with van der Waals surface area (Å²) < 4.78 is 5.59. The summed E-state index contributed by atoms with van der Waals surface area (Å²) in [5.74, 6) is 1.67. The van der Waals surface area contributed by atoms with Gasteiger partial charge in [0.1, 0.15) is 5.75 Å². The Hall–Kier alpha value is -0.690. The second-order valence-corrected chi connectivity index (χ2v) is 4.05. The van der Waals surface area contributed by atoms with Crippen molar-refractivity contribution in [1.29, 1.82) is 0 Å². The molecule has 0 spiro atoms. The van der Waals surface area contributed by atoms with Gasteiger partial charge in [0.25, 0.3) is 0 Å². The van der Waals surface area contributed by atoms with Gasteiger partial charge in [0.05, 0.1) is 6.61 Å². The van der Waals surface area contributed by atoms with Crippen LogP contribution in [0.25, 0.3) is 0 Å². The average Bonchev–Trinajstić information content (AvgIpc) is 2.65. The first-order valence-corrected chi connectivity index (χ1v) is 5.74. The van der Waals surface area contributed by atoms with E-state index in [1.165, 1.54) is 30.4 Å². The van der Waals surface area contributed by atoms with Crippen molar-refractivity contribution in [2.75, 3.05) is 12.5 Å². The van der Waals surface area contributed by atoms with Crippen LogP contribution in [-0.2, 0) is 12.8 Å². The fraction of sp³-hybridized carbons (Fsp3) is 0.500. The van der Waals surface area contributed by atoms with E-state index >= 15 is 0 Å². The summed E-state index contributed by atoms with van der Waals surface area (Å²) in [7, 11) is 0. The zero-order chi connectivity index (χ0) is 9.80. The lowest BCUT2D eigenvalue weighted by Gasteiger charge is -2.06. The van der Waals surface area contributed by atoms with Crippen LogP contribution in [0.1, 0.15) is 24.0 Å². The number of ether oxygens (including phenoxy) is 1. The first-order valence-electron chi connectivity index (χ1n) is 5.21. The zero-order valence-electron chi connectivity index (χ0n) is 8.26. The number of hydrogen-bond donors (Lipinski definition) is 0. The summed E-state index contributed by atoms with van der Waals surface area (Å²) >= 11 is 5.58. The molecule has 0 bridgehead atoms. The van der Waals surface area contributed by atoms with Crippen LogP contribution in [0.15, 0.2) is 18.2 Å². The molecule has 0 saturated carbocycles. The Kier molecular flexibility index (Phi) is 3.30. The summed E-state index contributed by atoms with van der Waals surface area (Å²) in [6.45, 7) is 0.724. The highest BCUT2D eigenvalue weighted by Crippen LogP contribution is 2.25. The fourth-order valence-electron chi connectivity index (χ4n) is 1.88. The first kappa shape index (κ1) is 9.85. The Morgan fingerprint density at radius 3 is 2.93 bits per heavy atom. The molecule has 1 aromatic carbocycles. The third-order valence-electron chi connectivity index (χ3n) is 2.62. The lowest BCUT2D eigenvalue weighted by molar-refractivity contribution is 0.318. The van der Waals surface area contributed by atoms with Crippen LogP contribution in [-0.4, -0.2) is 12.5 Å². The maximum atomic E-state index is 5.59. The molecular weight excluding hydrogens is 196 g/mol. The van der Waals surface area contributed by atoms with E-state index in [1.54, 1.807) is 0 Å². The van der Waals surface area contributed by atoms with Crippen molar-refractivity contribution < 1.29 is 4.74 Å². The molecule has 1 aliphatic rings. The molecule has 0 aliphatic heterocycles. The Labute approximate surface area is 90.0 Å². The maximum absolute atomic E-state index is 5.59. The largest absolute Gasteiger partial charge is 0.494 e. The molecule has 0 unspecified atom stereocenters. The number of aryl methyl sites for hydroxylation is 2. The minimum atomic E-state index is 0.672. The second kappa shape index (κ2) is 4.70. The van der Waals surface area contributed by atoms with Gasteiger partial charge in [-0.2, -0.15) is 0 Å². The Balaban J connectivity index is 1.98. The molecule has 1 nitrogen and oxygen atoms in total. The number of benzene rings is 1. The van der Waals surface area contributed by atoms with Crippen molar-refractivity contribution in [2.45, 2.75) is 25.7 Å². The SMILES string of the molecule is ClCCCOc1ccc2c(c1)CCC2. The molecule has 0 amide bonds. The van der Waals surface area contributed by atoms with E-state index in [4.69, 9.17) is 16.3 Å². The van der Waals surface area contributed by atoms with Gasteiger partial charge in [-0.3, -0.25) is 0 Å². The topological polar surface area (TPSA) is 9.23 Å². The molecule has 2 heteroatoms. The van der Waals surface area contributed by atoms with E-state index in [0.29, 0.717) is 5.88 Å². The van der Waals surface area contributed by atoms with E-state index in [0.717, 1.165) is 18.8 Å². The van der Waals surface area contributed by atoms with Gasteiger partial charge in [0.2, 0.25) is 0 Å². The molecule has 0 fully saturated rings. The number of fused-ring (bicyclic) bond motifs is 1.